The zero-order chi connectivity index (χ0) is 14.1. The van der Waals surface area contributed by atoms with Crippen LogP contribution in [0.2, 0.25) is 0 Å². The maximum absolute atomic E-state index is 6.13. The Bertz CT molecular complexity index is 507. The maximum atomic E-state index is 6.13. The highest BCUT2D eigenvalue weighted by molar-refractivity contribution is 5.78. The summed E-state index contributed by atoms with van der Waals surface area (Å²) in [6, 6.07) is 8.33. The molecule has 0 amide bonds. The highest BCUT2D eigenvalue weighted by atomic mass is 16.5. The van der Waals surface area contributed by atoms with Crippen molar-refractivity contribution in [2.45, 2.75) is 43.1 Å². The molecule has 1 spiro atoms. The number of hydrogen-bond acceptors (Lipinski definition) is 3. The summed E-state index contributed by atoms with van der Waals surface area (Å²) in [5.74, 6) is 0.948. The minimum absolute atomic E-state index is 0.0700. The van der Waals surface area contributed by atoms with Crippen LogP contribution in [0.15, 0.2) is 29.3 Å². The summed E-state index contributed by atoms with van der Waals surface area (Å²) >= 11 is 0. The monoisotopic (exact) mass is 273 g/mol. The van der Waals surface area contributed by atoms with E-state index in [0.717, 1.165) is 31.6 Å². The van der Waals surface area contributed by atoms with Crippen LogP contribution >= 0.6 is 0 Å². The average molecular weight is 273 g/mol. The van der Waals surface area contributed by atoms with E-state index in [0.29, 0.717) is 0 Å². The van der Waals surface area contributed by atoms with Crippen LogP contribution in [0.3, 0.4) is 0 Å². The molecule has 3 heteroatoms. The summed E-state index contributed by atoms with van der Waals surface area (Å²) in [6.07, 6.45) is 7.91. The first kappa shape index (κ1) is 13.6. The van der Waals surface area contributed by atoms with Gasteiger partial charge in [0.1, 0.15) is 5.75 Å². The Balaban J connectivity index is 2.15. The van der Waals surface area contributed by atoms with Crippen LogP contribution < -0.4 is 4.74 Å². The first-order valence-corrected chi connectivity index (χ1v) is 7.49. The van der Waals surface area contributed by atoms with E-state index in [1.54, 1.807) is 7.11 Å². The van der Waals surface area contributed by atoms with Crippen LogP contribution in [0.25, 0.3) is 0 Å². The molecule has 1 saturated heterocycles. The third-order valence-corrected chi connectivity index (χ3v) is 5.04. The molecule has 1 saturated carbocycles. The van der Waals surface area contributed by atoms with Gasteiger partial charge >= 0.3 is 0 Å². The molecule has 2 aliphatic rings. The van der Waals surface area contributed by atoms with Crippen molar-refractivity contribution in [2.75, 3.05) is 20.8 Å². The van der Waals surface area contributed by atoms with E-state index in [1.165, 1.54) is 18.4 Å². The quantitative estimate of drug-likeness (QED) is 0.791. The Morgan fingerprint density at radius 2 is 1.95 bits per heavy atom. The van der Waals surface area contributed by atoms with Crippen molar-refractivity contribution >= 4 is 6.21 Å². The predicted molar refractivity (Wildman–Crippen MR) is 80.9 cm³/mol. The fourth-order valence-electron chi connectivity index (χ4n) is 4.03. The summed E-state index contributed by atoms with van der Waals surface area (Å²) in [4.78, 5) is 4.40. The number of rotatable bonds is 3. The summed E-state index contributed by atoms with van der Waals surface area (Å²) in [6.45, 7) is 0.869. The molecule has 1 heterocycles. The Labute approximate surface area is 121 Å². The summed E-state index contributed by atoms with van der Waals surface area (Å²) in [5.41, 5.74) is 1.03. The van der Waals surface area contributed by atoms with Crippen LogP contribution in [0, 0.1) is 0 Å². The molecule has 1 unspecified atom stereocenters. The summed E-state index contributed by atoms with van der Waals surface area (Å²) < 4.78 is 11.7. The second kappa shape index (κ2) is 5.21. The number of ether oxygens (including phenoxy) is 2. The molecule has 2 fully saturated rings. The molecular formula is C17H23NO2. The van der Waals surface area contributed by atoms with Crippen LogP contribution in [-0.4, -0.2) is 32.6 Å². The first-order chi connectivity index (χ1) is 9.78. The number of benzene rings is 1. The Morgan fingerprint density at radius 3 is 2.60 bits per heavy atom. The number of para-hydroxylation sites is 1. The molecule has 1 aliphatic carbocycles. The summed E-state index contributed by atoms with van der Waals surface area (Å²) in [7, 11) is 3.60. The van der Waals surface area contributed by atoms with E-state index in [1.807, 2.05) is 19.2 Å². The molecule has 0 radical (unpaired) electrons. The molecule has 0 aromatic heterocycles. The molecule has 0 N–H and O–H groups in total. The van der Waals surface area contributed by atoms with Gasteiger partial charge in [0.05, 0.1) is 24.7 Å². The van der Waals surface area contributed by atoms with Crippen molar-refractivity contribution in [1.29, 1.82) is 0 Å². The SMILES string of the molecule is CN=C[C@]1(c2ccccc2OC)CCCCC12CCO2. The van der Waals surface area contributed by atoms with E-state index in [4.69, 9.17) is 9.47 Å². The highest BCUT2D eigenvalue weighted by Crippen LogP contribution is 2.55. The molecule has 108 valence electrons. The zero-order valence-electron chi connectivity index (χ0n) is 12.4. The lowest BCUT2D eigenvalue weighted by molar-refractivity contribution is -0.192. The average Bonchev–Trinajstić information content (AvgIpc) is 2.46. The number of methoxy groups -OCH3 is 1. The third-order valence-electron chi connectivity index (χ3n) is 5.04. The lowest BCUT2D eigenvalue weighted by Crippen LogP contribution is -2.62. The molecule has 3 nitrogen and oxygen atoms in total. The van der Waals surface area contributed by atoms with Crippen molar-refractivity contribution in [3.05, 3.63) is 29.8 Å². The molecule has 1 aliphatic heterocycles. The predicted octanol–water partition coefficient (Wildman–Crippen LogP) is 3.37. The minimum Gasteiger partial charge on any atom is -0.496 e. The Hall–Kier alpha value is -1.35. The fraction of sp³-hybridized carbons (Fsp3) is 0.588. The Kier molecular flexibility index (Phi) is 3.55. The van der Waals surface area contributed by atoms with Crippen molar-refractivity contribution in [1.82, 2.24) is 0 Å². The van der Waals surface area contributed by atoms with Gasteiger partial charge < -0.3 is 9.47 Å². The minimum atomic E-state index is -0.134. The largest absolute Gasteiger partial charge is 0.496 e. The molecule has 20 heavy (non-hydrogen) atoms. The van der Waals surface area contributed by atoms with E-state index in [9.17, 15) is 0 Å². The van der Waals surface area contributed by atoms with Crippen LogP contribution in [-0.2, 0) is 10.2 Å². The van der Waals surface area contributed by atoms with E-state index < -0.39 is 0 Å². The normalized spacial score (nSPS) is 33.3. The molecule has 1 aromatic rings. The van der Waals surface area contributed by atoms with Gasteiger partial charge in [-0.2, -0.15) is 0 Å². The van der Waals surface area contributed by atoms with Gasteiger partial charge in [0, 0.05) is 25.2 Å². The van der Waals surface area contributed by atoms with Crippen molar-refractivity contribution in [2.24, 2.45) is 4.99 Å². The molecule has 0 bridgehead atoms. The second-order valence-corrected chi connectivity index (χ2v) is 5.86. The standard InChI is InChI=1S/C17H23NO2/c1-18-13-16(14-7-3-4-8-15(14)19-2)9-5-6-10-17(16)11-12-20-17/h3-4,7-8,13H,5-6,9-12H2,1-2H3/t16-,17?/m0/s1. The number of hydrogen-bond donors (Lipinski definition) is 0. The van der Waals surface area contributed by atoms with Gasteiger partial charge in [-0.3, -0.25) is 4.99 Å². The number of aliphatic imine (C=N–C) groups is 1. The van der Waals surface area contributed by atoms with E-state index in [2.05, 4.69) is 23.3 Å². The van der Waals surface area contributed by atoms with E-state index in [-0.39, 0.29) is 11.0 Å². The van der Waals surface area contributed by atoms with Crippen molar-refractivity contribution < 1.29 is 9.47 Å². The van der Waals surface area contributed by atoms with Gasteiger partial charge in [-0.15, -0.1) is 0 Å². The second-order valence-electron chi connectivity index (χ2n) is 5.86. The van der Waals surface area contributed by atoms with Crippen LogP contribution in [0.5, 0.6) is 5.75 Å². The summed E-state index contributed by atoms with van der Waals surface area (Å²) in [5, 5.41) is 0. The van der Waals surface area contributed by atoms with Gasteiger partial charge in [-0.05, 0) is 18.9 Å². The first-order valence-electron chi connectivity index (χ1n) is 7.49. The van der Waals surface area contributed by atoms with Crippen LogP contribution in [0.4, 0.5) is 0 Å². The molecular weight excluding hydrogens is 250 g/mol. The van der Waals surface area contributed by atoms with Gasteiger partial charge in [-0.25, -0.2) is 0 Å². The lowest BCUT2D eigenvalue weighted by Gasteiger charge is -2.57. The Morgan fingerprint density at radius 1 is 1.20 bits per heavy atom. The smallest absolute Gasteiger partial charge is 0.123 e. The number of nitrogens with zero attached hydrogens (tertiary/aromatic N) is 1. The molecule has 3 rings (SSSR count). The lowest BCUT2D eigenvalue weighted by atomic mass is 9.57. The maximum Gasteiger partial charge on any atom is 0.123 e. The van der Waals surface area contributed by atoms with Gasteiger partial charge in [0.2, 0.25) is 0 Å². The fourth-order valence-corrected chi connectivity index (χ4v) is 4.03. The topological polar surface area (TPSA) is 30.8 Å². The van der Waals surface area contributed by atoms with Gasteiger partial charge in [0.15, 0.2) is 0 Å². The van der Waals surface area contributed by atoms with Crippen LogP contribution in [0.1, 0.15) is 37.7 Å². The van der Waals surface area contributed by atoms with Gasteiger partial charge in [0.25, 0.3) is 0 Å². The van der Waals surface area contributed by atoms with Crippen molar-refractivity contribution in [3.8, 4) is 5.75 Å². The van der Waals surface area contributed by atoms with Gasteiger partial charge in [-0.1, -0.05) is 31.0 Å². The highest BCUT2D eigenvalue weighted by Gasteiger charge is 2.58. The third kappa shape index (κ3) is 1.80. The molecule has 1 aromatic carbocycles. The van der Waals surface area contributed by atoms with E-state index >= 15 is 0 Å². The van der Waals surface area contributed by atoms with Crippen molar-refractivity contribution in [3.63, 3.8) is 0 Å². The molecule has 2 atom stereocenters. The zero-order valence-corrected chi connectivity index (χ0v) is 12.4.